The molecule has 3 aromatic rings. The zero-order valence-corrected chi connectivity index (χ0v) is 16.7. The molecule has 2 N–H and O–H groups in total. The van der Waals surface area contributed by atoms with Gasteiger partial charge in [0.1, 0.15) is 0 Å². The number of hydrogen-bond acceptors (Lipinski definition) is 2. The Kier molecular flexibility index (Phi) is 6.57. The summed E-state index contributed by atoms with van der Waals surface area (Å²) in [6.07, 6.45) is -4.40. The van der Waals surface area contributed by atoms with Gasteiger partial charge in [0.25, 0.3) is 0 Å². The Balaban J connectivity index is 1.70. The van der Waals surface area contributed by atoms with Gasteiger partial charge in [-0.15, -0.1) is 0 Å². The second kappa shape index (κ2) is 9.13. The quantitative estimate of drug-likeness (QED) is 0.517. The van der Waals surface area contributed by atoms with Crippen LogP contribution in [-0.2, 0) is 11.0 Å². The van der Waals surface area contributed by atoms with Crippen LogP contribution in [0.15, 0.2) is 78.9 Å². The molecule has 0 saturated carbocycles. The maximum atomic E-state index is 13.0. The molecule has 3 aromatic carbocycles. The minimum Gasteiger partial charge on any atom is -0.324 e. The van der Waals surface area contributed by atoms with E-state index >= 15 is 0 Å². The SMILES string of the molecule is C[C@H](N[C@H](C)C(=O)Nc1ccccc1-c1ccccc1)c1cccc(C(F)(F)F)c1. The molecule has 0 aliphatic heterocycles. The Morgan fingerprint density at radius 2 is 1.53 bits per heavy atom. The van der Waals surface area contributed by atoms with Crippen molar-refractivity contribution in [2.75, 3.05) is 5.32 Å². The number of rotatable bonds is 6. The minimum absolute atomic E-state index is 0.266. The van der Waals surface area contributed by atoms with Crippen molar-refractivity contribution in [2.24, 2.45) is 0 Å². The molecule has 0 aliphatic carbocycles. The molecule has 3 nitrogen and oxygen atoms in total. The number of nitrogens with one attached hydrogen (secondary N) is 2. The van der Waals surface area contributed by atoms with Crippen LogP contribution in [-0.4, -0.2) is 11.9 Å². The number of para-hydroxylation sites is 1. The standard InChI is InChI=1S/C24H23F3N2O/c1-16(19-11-8-12-20(15-19)24(25,26)27)28-17(2)23(30)29-22-14-7-6-13-21(22)18-9-4-3-5-10-18/h3-17,28H,1-2H3,(H,29,30)/t16-,17+/m0/s1. The second-order valence-electron chi connectivity index (χ2n) is 7.13. The van der Waals surface area contributed by atoms with Crippen LogP contribution in [0.2, 0.25) is 0 Å². The van der Waals surface area contributed by atoms with Crippen molar-refractivity contribution >= 4 is 11.6 Å². The van der Waals surface area contributed by atoms with Crippen molar-refractivity contribution < 1.29 is 18.0 Å². The third kappa shape index (κ3) is 5.27. The Hall–Kier alpha value is -3.12. The lowest BCUT2D eigenvalue weighted by Crippen LogP contribution is -2.39. The summed E-state index contributed by atoms with van der Waals surface area (Å²) < 4.78 is 38.9. The van der Waals surface area contributed by atoms with Gasteiger partial charge in [-0.3, -0.25) is 10.1 Å². The summed E-state index contributed by atoms with van der Waals surface area (Å²) in [7, 11) is 0. The van der Waals surface area contributed by atoms with Gasteiger partial charge in [-0.1, -0.05) is 60.7 Å². The third-order valence-corrected chi connectivity index (χ3v) is 4.88. The van der Waals surface area contributed by atoms with Gasteiger partial charge in [0.15, 0.2) is 0 Å². The molecule has 30 heavy (non-hydrogen) atoms. The van der Waals surface area contributed by atoms with Gasteiger partial charge in [0.2, 0.25) is 5.91 Å². The molecular weight excluding hydrogens is 389 g/mol. The predicted molar refractivity (Wildman–Crippen MR) is 113 cm³/mol. The van der Waals surface area contributed by atoms with Gasteiger partial charge in [0, 0.05) is 17.3 Å². The number of carbonyl (C=O) groups is 1. The smallest absolute Gasteiger partial charge is 0.324 e. The van der Waals surface area contributed by atoms with E-state index in [0.29, 0.717) is 11.3 Å². The van der Waals surface area contributed by atoms with Gasteiger partial charge in [-0.05, 0) is 43.2 Å². The van der Waals surface area contributed by atoms with Gasteiger partial charge in [-0.25, -0.2) is 0 Å². The average Bonchev–Trinajstić information content (AvgIpc) is 2.74. The van der Waals surface area contributed by atoms with Crippen LogP contribution in [0.1, 0.15) is 31.0 Å². The molecule has 1 amide bonds. The molecule has 0 aliphatic rings. The van der Waals surface area contributed by atoms with Gasteiger partial charge in [0.05, 0.1) is 11.6 Å². The molecular formula is C24H23F3N2O. The van der Waals surface area contributed by atoms with E-state index in [2.05, 4.69) is 10.6 Å². The van der Waals surface area contributed by atoms with E-state index in [-0.39, 0.29) is 5.91 Å². The maximum absolute atomic E-state index is 13.0. The van der Waals surface area contributed by atoms with Crippen LogP contribution in [0.25, 0.3) is 11.1 Å². The third-order valence-electron chi connectivity index (χ3n) is 4.88. The van der Waals surface area contributed by atoms with E-state index in [1.54, 1.807) is 19.9 Å². The van der Waals surface area contributed by atoms with Crippen LogP contribution in [0.5, 0.6) is 0 Å². The van der Waals surface area contributed by atoms with Crippen molar-refractivity contribution in [1.82, 2.24) is 5.32 Å². The first-order chi connectivity index (χ1) is 14.3. The van der Waals surface area contributed by atoms with Crippen LogP contribution >= 0.6 is 0 Å². The Bertz CT molecular complexity index is 1000. The first-order valence-electron chi connectivity index (χ1n) is 9.64. The van der Waals surface area contributed by atoms with Crippen LogP contribution < -0.4 is 10.6 Å². The zero-order chi connectivity index (χ0) is 21.7. The Labute approximate surface area is 173 Å². The molecule has 0 saturated heterocycles. The highest BCUT2D eigenvalue weighted by Crippen LogP contribution is 2.31. The summed E-state index contributed by atoms with van der Waals surface area (Å²) in [5.41, 5.74) is 2.31. The summed E-state index contributed by atoms with van der Waals surface area (Å²) in [6.45, 7) is 3.42. The zero-order valence-electron chi connectivity index (χ0n) is 16.7. The topological polar surface area (TPSA) is 41.1 Å². The molecule has 0 heterocycles. The van der Waals surface area contributed by atoms with Crippen molar-refractivity contribution in [1.29, 1.82) is 0 Å². The molecule has 3 rings (SSSR count). The molecule has 0 radical (unpaired) electrons. The number of benzene rings is 3. The van der Waals surface area contributed by atoms with E-state index in [0.717, 1.165) is 23.3 Å². The predicted octanol–water partition coefficient (Wildman–Crippen LogP) is 6.05. The maximum Gasteiger partial charge on any atom is 0.416 e. The fraction of sp³-hybridized carbons (Fsp3) is 0.208. The van der Waals surface area contributed by atoms with Crippen molar-refractivity contribution in [3.8, 4) is 11.1 Å². The molecule has 0 aromatic heterocycles. The van der Waals surface area contributed by atoms with Crippen molar-refractivity contribution in [3.63, 3.8) is 0 Å². The molecule has 0 fully saturated rings. The number of halogens is 3. The summed E-state index contributed by atoms with van der Waals surface area (Å²) in [4.78, 5) is 12.7. The van der Waals surface area contributed by atoms with Gasteiger partial charge >= 0.3 is 6.18 Å². The number of carbonyl (C=O) groups excluding carboxylic acids is 1. The number of anilines is 1. The van der Waals surface area contributed by atoms with Gasteiger partial charge < -0.3 is 5.32 Å². The van der Waals surface area contributed by atoms with E-state index in [4.69, 9.17) is 0 Å². The lowest BCUT2D eigenvalue weighted by atomic mass is 10.0. The van der Waals surface area contributed by atoms with Crippen LogP contribution in [0.3, 0.4) is 0 Å². The fourth-order valence-corrected chi connectivity index (χ4v) is 3.23. The lowest BCUT2D eigenvalue weighted by molar-refractivity contribution is -0.137. The summed E-state index contributed by atoms with van der Waals surface area (Å²) in [6, 6.07) is 21.3. The number of amides is 1. The normalized spacial score (nSPS) is 13.5. The first kappa shape index (κ1) is 21.6. The summed E-state index contributed by atoms with van der Waals surface area (Å²) >= 11 is 0. The van der Waals surface area contributed by atoms with Crippen LogP contribution in [0, 0.1) is 0 Å². The fourth-order valence-electron chi connectivity index (χ4n) is 3.23. The summed E-state index contributed by atoms with van der Waals surface area (Å²) in [5, 5.41) is 5.99. The molecule has 2 atom stereocenters. The van der Waals surface area contributed by atoms with E-state index in [1.165, 1.54) is 6.07 Å². The summed E-state index contributed by atoms with van der Waals surface area (Å²) in [5.74, 6) is -0.266. The highest BCUT2D eigenvalue weighted by atomic mass is 19.4. The lowest BCUT2D eigenvalue weighted by Gasteiger charge is -2.21. The van der Waals surface area contributed by atoms with E-state index in [9.17, 15) is 18.0 Å². The van der Waals surface area contributed by atoms with Crippen LogP contribution in [0.4, 0.5) is 18.9 Å². The highest BCUT2D eigenvalue weighted by Gasteiger charge is 2.31. The van der Waals surface area contributed by atoms with E-state index in [1.807, 2.05) is 54.6 Å². The molecule has 0 spiro atoms. The highest BCUT2D eigenvalue weighted by molar-refractivity contribution is 5.98. The number of alkyl halides is 3. The minimum atomic E-state index is -4.40. The molecule has 6 heteroatoms. The van der Waals surface area contributed by atoms with Crippen molar-refractivity contribution in [3.05, 3.63) is 90.0 Å². The molecule has 0 unspecified atom stereocenters. The van der Waals surface area contributed by atoms with Crippen molar-refractivity contribution in [2.45, 2.75) is 32.1 Å². The number of hydrogen-bond donors (Lipinski definition) is 2. The Morgan fingerprint density at radius 3 is 2.23 bits per heavy atom. The molecule has 156 valence electrons. The largest absolute Gasteiger partial charge is 0.416 e. The monoisotopic (exact) mass is 412 g/mol. The average molecular weight is 412 g/mol. The Morgan fingerprint density at radius 1 is 0.867 bits per heavy atom. The van der Waals surface area contributed by atoms with E-state index < -0.39 is 23.8 Å². The molecule has 0 bridgehead atoms. The first-order valence-corrected chi connectivity index (χ1v) is 9.64. The second-order valence-corrected chi connectivity index (χ2v) is 7.13. The van der Waals surface area contributed by atoms with Gasteiger partial charge in [-0.2, -0.15) is 13.2 Å².